The zero-order valence-corrected chi connectivity index (χ0v) is 13.1. The normalized spacial score (nSPS) is 13.1. The maximum absolute atomic E-state index is 6.12. The van der Waals surface area contributed by atoms with Crippen LogP contribution in [-0.2, 0) is 10.8 Å². The monoisotopic (exact) mass is 254 g/mol. The largest absolute Gasteiger partial charge is 0.469 e. The van der Waals surface area contributed by atoms with Crippen LogP contribution in [0.4, 0.5) is 0 Å². The standard InChI is InChI=1S/C14H26O2Si/c1-12-10-13(15-11-12)8-7-9-16-17(5,6)14(2,3)4/h10-11H,7-9H2,1-6H3. The summed E-state index contributed by atoms with van der Waals surface area (Å²) in [7, 11) is -1.57. The summed E-state index contributed by atoms with van der Waals surface area (Å²) >= 11 is 0. The van der Waals surface area contributed by atoms with Crippen molar-refractivity contribution in [3.05, 3.63) is 23.7 Å². The van der Waals surface area contributed by atoms with E-state index < -0.39 is 8.32 Å². The van der Waals surface area contributed by atoms with Crippen molar-refractivity contribution in [1.29, 1.82) is 0 Å². The van der Waals surface area contributed by atoms with Gasteiger partial charge in [0.15, 0.2) is 8.32 Å². The molecule has 0 amide bonds. The molecular formula is C14H26O2Si. The Morgan fingerprint density at radius 3 is 2.41 bits per heavy atom. The van der Waals surface area contributed by atoms with Crippen LogP contribution in [0.15, 0.2) is 16.7 Å². The summed E-state index contributed by atoms with van der Waals surface area (Å²) < 4.78 is 11.5. The van der Waals surface area contributed by atoms with Crippen LogP contribution in [0.5, 0.6) is 0 Å². The molecule has 3 heteroatoms. The first-order chi connectivity index (χ1) is 7.72. The van der Waals surface area contributed by atoms with Gasteiger partial charge in [-0.2, -0.15) is 0 Å². The molecule has 0 aromatic carbocycles. The number of aryl methyl sites for hydroxylation is 2. The SMILES string of the molecule is Cc1coc(CCCO[Si](C)(C)C(C)(C)C)c1. The molecule has 0 aliphatic heterocycles. The number of hydrogen-bond acceptors (Lipinski definition) is 2. The molecule has 0 unspecified atom stereocenters. The first-order valence-electron chi connectivity index (χ1n) is 6.40. The average molecular weight is 254 g/mol. The second kappa shape index (κ2) is 5.40. The fourth-order valence-corrected chi connectivity index (χ4v) is 2.50. The van der Waals surface area contributed by atoms with E-state index in [4.69, 9.17) is 8.84 Å². The highest BCUT2D eigenvalue weighted by atomic mass is 28.4. The van der Waals surface area contributed by atoms with Crippen LogP contribution in [0.25, 0.3) is 0 Å². The van der Waals surface area contributed by atoms with Gasteiger partial charge in [-0.15, -0.1) is 0 Å². The van der Waals surface area contributed by atoms with Gasteiger partial charge in [-0.05, 0) is 43.1 Å². The lowest BCUT2D eigenvalue weighted by Gasteiger charge is -2.36. The first kappa shape index (κ1) is 14.5. The second-order valence-corrected chi connectivity index (χ2v) is 11.1. The van der Waals surface area contributed by atoms with Gasteiger partial charge in [-0.25, -0.2) is 0 Å². The highest BCUT2D eigenvalue weighted by Crippen LogP contribution is 2.36. The van der Waals surface area contributed by atoms with E-state index in [0.717, 1.165) is 25.2 Å². The molecule has 0 N–H and O–H groups in total. The van der Waals surface area contributed by atoms with Gasteiger partial charge in [0.25, 0.3) is 0 Å². The summed E-state index contributed by atoms with van der Waals surface area (Å²) in [6, 6.07) is 2.10. The van der Waals surface area contributed by atoms with Gasteiger partial charge in [0.2, 0.25) is 0 Å². The van der Waals surface area contributed by atoms with Gasteiger partial charge in [0.05, 0.1) is 6.26 Å². The third-order valence-electron chi connectivity index (χ3n) is 3.62. The number of furan rings is 1. The van der Waals surface area contributed by atoms with Crippen molar-refractivity contribution in [2.45, 2.75) is 58.7 Å². The maximum Gasteiger partial charge on any atom is 0.191 e. The molecule has 2 nitrogen and oxygen atoms in total. The minimum absolute atomic E-state index is 0.300. The van der Waals surface area contributed by atoms with Crippen LogP contribution < -0.4 is 0 Å². The minimum atomic E-state index is -1.57. The lowest BCUT2D eigenvalue weighted by Crippen LogP contribution is -2.41. The third-order valence-corrected chi connectivity index (χ3v) is 8.16. The summed E-state index contributed by atoms with van der Waals surface area (Å²) in [5.41, 5.74) is 1.20. The summed E-state index contributed by atoms with van der Waals surface area (Å²) in [6.45, 7) is 14.3. The van der Waals surface area contributed by atoms with E-state index >= 15 is 0 Å². The van der Waals surface area contributed by atoms with Gasteiger partial charge >= 0.3 is 0 Å². The lowest BCUT2D eigenvalue weighted by atomic mass is 10.2. The van der Waals surface area contributed by atoms with Crippen molar-refractivity contribution < 1.29 is 8.84 Å². The Labute approximate surface area is 106 Å². The Morgan fingerprint density at radius 1 is 1.29 bits per heavy atom. The van der Waals surface area contributed by atoms with Gasteiger partial charge < -0.3 is 8.84 Å². The van der Waals surface area contributed by atoms with E-state index in [2.05, 4.69) is 46.9 Å². The minimum Gasteiger partial charge on any atom is -0.469 e. The Bertz CT molecular complexity index is 347. The van der Waals surface area contributed by atoms with E-state index in [1.807, 2.05) is 6.26 Å². The molecule has 0 spiro atoms. The molecule has 0 aliphatic carbocycles. The zero-order chi connectivity index (χ0) is 13.1. The van der Waals surface area contributed by atoms with Gasteiger partial charge in [-0.1, -0.05) is 20.8 Å². The van der Waals surface area contributed by atoms with Crippen LogP contribution in [0.3, 0.4) is 0 Å². The van der Waals surface area contributed by atoms with Gasteiger partial charge in [0.1, 0.15) is 5.76 Å². The maximum atomic E-state index is 6.12. The topological polar surface area (TPSA) is 22.4 Å². The molecule has 98 valence electrons. The van der Waals surface area contributed by atoms with Crippen LogP contribution in [0.1, 0.15) is 38.5 Å². The van der Waals surface area contributed by atoms with E-state index in [1.165, 1.54) is 5.56 Å². The molecule has 0 radical (unpaired) electrons. The zero-order valence-electron chi connectivity index (χ0n) is 12.1. The van der Waals surface area contributed by atoms with Crippen molar-refractivity contribution in [2.24, 2.45) is 0 Å². The molecule has 0 saturated heterocycles. The van der Waals surface area contributed by atoms with Gasteiger partial charge in [-0.3, -0.25) is 0 Å². The first-order valence-corrected chi connectivity index (χ1v) is 9.31. The summed E-state index contributed by atoms with van der Waals surface area (Å²) in [5, 5.41) is 0.300. The fraction of sp³-hybridized carbons (Fsp3) is 0.714. The summed E-state index contributed by atoms with van der Waals surface area (Å²) in [5.74, 6) is 1.07. The van der Waals surface area contributed by atoms with E-state index in [1.54, 1.807) is 0 Å². The summed E-state index contributed by atoms with van der Waals surface area (Å²) in [6.07, 6.45) is 3.83. The number of rotatable bonds is 5. The second-order valence-electron chi connectivity index (χ2n) is 6.30. The predicted octanol–water partition coefficient (Wildman–Crippen LogP) is 4.54. The Kier molecular flexibility index (Phi) is 4.61. The van der Waals surface area contributed by atoms with Gasteiger partial charge in [0, 0.05) is 13.0 Å². The molecule has 17 heavy (non-hydrogen) atoms. The average Bonchev–Trinajstić information content (AvgIpc) is 2.57. The number of hydrogen-bond donors (Lipinski definition) is 0. The van der Waals surface area contributed by atoms with Crippen molar-refractivity contribution in [2.75, 3.05) is 6.61 Å². The molecule has 0 fully saturated rings. The van der Waals surface area contributed by atoms with E-state index in [9.17, 15) is 0 Å². The van der Waals surface area contributed by atoms with Crippen LogP contribution in [0, 0.1) is 6.92 Å². The van der Waals surface area contributed by atoms with Crippen molar-refractivity contribution in [3.63, 3.8) is 0 Å². The smallest absolute Gasteiger partial charge is 0.191 e. The van der Waals surface area contributed by atoms with Crippen molar-refractivity contribution in [3.8, 4) is 0 Å². The fourth-order valence-electron chi connectivity index (χ4n) is 1.41. The van der Waals surface area contributed by atoms with E-state index in [0.29, 0.717) is 5.04 Å². The third kappa shape index (κ3) is 4.32. The molecule has 0 saturated carbocycles. The van der Waals surface area contributed by atoms with Crippen LogP contribution >= 0.6 is 0 Å². The highest BCUT2D eigenvalue weighted by Gasteiger charge is 2.36. The Balaban J connectivity index is 2.29. The molecule has 0 aliphatic rings. The molecule has 0 atom stereocenters. The van der Waals surface area contributed by atoms with E-state index in [-0.39, 0.29) is 0 Å². The summed E-state index contributed by atoms with van der Waals surface area (Å²) in [4.78, 5) is 0. The quantitative estimate of drug-likeness (QED) is 0.568. The lowest BCUT2D eigenvalue weighted by molar-refractivity contribution is 0.279. The van der Waals surface area contributed by atoms with Crippen LogP contribution in [0.2, 0.25) is 18.1 Å². The molecule has 0 bridgehead atoms. The highest BCUT2D eigenvalue weighted by molar-refractivity contribution is 6.74. The van der Waals surface area contributed by atoms with Crippen molar-refractivity contribution >= 4 is 8.32 Å². The molecule has 1 heterocycles. The molecule has 1 aromatic rings. The van der Waals surface area contributed by atoms with Crippen LogP contribution in [-0.4, -0.2) is 14.9 Å². The molecular weight excluding hydrogens is 228 g/mol. The molecule has 1 rings (SSSR count). The Morgan fingerprint density at radius 2 is 1.94 bits per heavy atom. The molecule has 1 aromatic heterocycles. The van der Waals surface area contributed by atoms with Crippen molar-refractivity contribution in [1.82, 2.24) is 0 Å². The Hall–Kier alpha value is -0.543. The predicted molar refractivity (Wildman–Crippen MR) is 74.9 cm³/mol.